The number of ether oxygens (including phenoxy) is 2. The zero-order valence-electron chi connectivity index (χ0n) is 20.6. The first-order valence-electron chi connectivity index (χ1n) is 11.9. The number of likely N-dealkylation sites (tertiary alicyclic amines) is 1. The molecular formula is C26H35F3N4O2. The van der Waals surface area contributed by atoms with Gasteiger partial charge in [-0.3, -0.25) is 0 Å². The molecule has 1 heterocycles. The fourth-order valence-corrected chi connectivity index (χ4v) is 3.70. The van der Waals surface area contributed by atoms with Crippen LogP contribution in [-0.4, -0.2) is 42.9 Å². The minimum atomic E-state index is -4.70. The molecule has 35 heavy (non-hydrogen) atoms. The van der Waals surface area contributed by atoms with E-state index in [-0.39, 0.29) is 17.8 Å². The van der Waals surface area contributed by atoms with Gasteiger partial charge in [0, 0.05) is 19.1 Å². The number of rotatable bonds is 8. The number of benzene rings is 2. The molecule has 2 aromatic rings. The van der Waals surface area contributed by atoms with Crippen LogP contribution in [0.1, 0.15) is 45.6 Å². The summed E-state index contributed by atoms with van der Waals surface area (Å²) in [4.78, 5) is 7.22. The van der Waals surface area contributed by atoms with E-state index in [0.717, 1.165) is 43.1 Å². The highest BCUT2D eigenvalue weighted by atomic mass is 19.4. The Morgan fingerprint density at radius 3 is 2.31 bits per heavy atom. The molecule has 3 rings (SSSR count). The van der Waals surface area contributed by atoms with E-state index in [1.165, 1.54) is 18.6 Å². The summed E-state index contributed by atoms with van der Waals surface area (Å²) >= 11 is 0. The van der Waals surface area contributed by atoms with Crippen LogP contribution in [0, 0.1) is 5.41 Å². The van der Waals surface area contributed by atoms with E-state index in [2.05, 4.69) is 35.7 Å². The van der Waals surface area contributed by atoms with Crippen molar-refractivity contribution in [1.82, 2.24) is 10.2 Å². The van der Waals surface area contributed by atoms with Crippen molar-refractivity contribution in [2.45, 2.75) is 59.0 Å². The third kappa shape index (κ3) is 8.65. The van der Waals surface area contributed by atoms with E-state index in [1.54, 1.807) is 12.1 Å². The molecule has 192 valence electrons. The van der Waals surface area contributed by atoms with Crippen molar-refractivity contribution >= 4 is 11.6 Å². The van der Waals surface area contributed by atoms with Gasteiger partial charge in [0.15, 0.2) is 5.96 Å². The van der Waals surface area contributed by atoms with Gasteiger partial charge in [0.05, 0.1) is 5.69 Å². The molecule has 1 aliphatic rings. The van der Waals surface area contributed by atoms with Crippen molar-refractivity contribution in [1.29, 1.82) is 0 Å². The molecule has 1 atom stereocenters. The van der Waals surface area contributed by atoms with Gasteiger partial charge in [0.25, 0.3) is 0 Å². The molecule has 0 radical (unpaired) electrons. The van der Waals surface area contributed by atoms with Crippen LogP contribution in [0.3, 0.4) is 0 Å². The lowest BCUT2D eigenvalue weighted by Crippen LogP contribution is -2.51. The number of guanidine groups is 1. The Hall–Kier alpha value is -2.94. The Labute approximate surface area is 205 Å². The third-order valence-electron chi connectivity index (χ3n) is 5.99. The summed E-state index contributed by atoms with van der Waals surface area (Å²) in [7, 11) is 0. The summed E-state index contributed by atoms with van der Waals surface area (Å²) < 4.78 is 46.5. The molecule has 2 aromatic carbocycles. The number of alkyl halides is 3. The van der Waals surface area contributed by atoms with Crippen molar-refractivity contribution in [3.05, 3.63) is 54.1 Å². The van der Waals surface area contributed by atoms with Crippen LogP contribution in [0.2, 0.25) is 0 Å². The molecule has 0 aliphatic carbocycles. The molecular weight excluding hydrogens is 457 g/mol. The van der Waals surface area contributed by atoms with Crippen molar-refractivity contribution in [3.63, 3.8) is 0 Å². The zero-order chi connectivity index (χ0) is 25.5. The minimum Gasteiger partial charge on any atom is -0.489 e. The van der Waals surface area contributed by atoms with Crippen LogP contribution in [0.15, 0.2) is 53.5 Å². The summed E-state index contributed by atoms with van der Waals surface area (Å²) in [6.07, 6.45) is -1.20. The van der Waals surface area contributed by atoms with Crippen molar-refractivity contribution in [3.8, 4) is 11.5 Å². The van der Waals surface area contributed by atoms with E-state index < -0.39 is 6.36 Å². The Balaban J connectivity index is 1.64. The van der Waals surface area contributed by atoms with E-state index >= 15 is 0 Å². The number of aliphatic imine (C=N–C) groups is 1. The molecule has 9 heteroatoms. The minimum absolute atomic E-state index is 0.0471. The van der Waals surface area contributed by atoms with Gasteiger partial charge in [0.1, 0.15) is 18.1 Å². The zero-order valence-corrected chi connectivity index (χ0v) is 20.6. The van der Waals surface area contributed by atoms with Gasteiger partial charge >= 0.3 is 6.36 Å². The molecule has 1 saturated heterocycles. The summed E-state index contributed by atoms with van der Waals surface area (Å²) in [6.45, 7) is 8.96. The number of hydrogen-bond acceptors (Lipinski definition) is 4. The monoisotopic (exact) mass is 492 g/mol. The van der Waals surface area contributed by atoms with Gasteiger partial charge in [-0.1, -0.05) is 26.0 Å². The Bertz CT molecular complexity index is 960. The molecule has 0 spiro atoms. The molecule has 0 saturated carbocycles. The standard InChI is InChI=1S/C26H35F3N4O2/c1-19-6-4-5-15-33(19)24(31-18-25(2,3)17-30)32-21-9-13-22(14-10-21)34-16-20-7-11-23(12-8-20)35-26(27,28)29/h7-14,19H,4-6,15-18,30H2,1-3H3,(H,31,32). The van der Waals surface area contributed by atoms with Crippen LogP contribution in [0.25, 0.3) is 0 Å². The SMILES string of the molecule is CC1CCCCN1/C(=N\c1ccc(OCc2ccc(OC(F)(F)F)cc2)cc1)NCC(C)(C)CN. The second-order valence-corrected chi connectivity index (χ2v) is 9.67. The van der Waals surface area contributed by atoms with E-state index in [9.17, 15) is 13.2 Å². The lowest BCUT2D eigenvalue weighted by Gasteiger charge is -2.37. The summed E-state index contributed by atoms with van der Waals surface area (Å²) in [5, 5.41) is 3.52. The van der Waals surface area contributed by atoms with E-state index in [0.29, 0.717) is 18.3 Å². The smallest absolute Gasteiger partial charge is 0.489 e. The van der Waals surface area contributed by atoms with Gasteiger partial charge in [-0.2, -0.15) is 0 Å². The third-order valence-corrected chi connectivity index (χ3v) is 5.99. The van der Waals surface area contributed by atoms with Crippen molar-refractivity contribution < 1.29 is 22.6 Å². The molecule has 0 bridgehead atoms. The molecule has 0 aromatic heterocycles. The van der Waals surface area contributed by atoms with Crippen molar-refractivity contribution in [2.75, 3.05) is 19.6 Å². The van der Waals surface area contributed by atoms with Gasteiger partial charge < -0.3 is 25.4 Å². The average molecular weight is 493 g/mol. The maximum absolute atomic E-state index is 12.3. The number of piperidine rings is 1. The number of halogens is 3. The topological polar surface area (TPSA) is 72.1 Å². The fourth-order valence-electron chi connectivity index (χ4n) is 3.70. The first kappa shape index (κ1) is 26.7. The summed E-state index contributed by atoms with van der Waals surface area (Å²) in [6, 6.07) is 13.5. The molecule has 3 N–H and O–H groups in total. The largest absolute Gasteiger partial charge is 0.573 e. The van der Waals surface area contributed by atoms with Gasteiger partial charge in [-0.25, -0.2) is 4.99 Å². The highest BCUT2D eigenvalue weighted by molar-refractivity contribution is 5.83. The number of nitrogens with zero attached hydrogens (tertiary/aromatic N) is 2. The fraction of sp³-hybridized carbons (Fsp3) is 0.500. The lowest BCUT2D eigenvalue weighted by atomic mass is 9.94. The van der Waals surface area contributed by atoms with E-state index in [4.69, 9.17) is 15.5 Å². The quantitative estimate of drug-likeness (QED) is 0.371. The second kappa shape index (κ2) is 11.7. The summed E-state index contributed by atoms with van der Waals surface area (Å²) in [5.74, 6) is 1.24. The maximum atomic E-state index is 12.3. The molecule has 0 amide bonds. The first-order valence-corrected chi connectivity index (χ1v) is 11.9. The normalized spacial score (nSPS) is 17.3. The number of nitrogens with one attached hydrogen (secondary N) is 1. The maximum Gasteiger partial charge on any atom is 0.573 e. The first-order chi connectivity index (χ1) is 16.5. The van der Waals surface area contributed by atoms with Gasteiger partial charge in [-0.15, -0.1) is 13.2 Å². The second-order valence-electron chi connectivity index (χ2n) is 9.67. The van der Waals surface area contributed by atoms with Crippen LogP contribution in [0.4, 0.5) is 18.9 Å². The Morgan fingerprint density at radius 2 is 1.71 bits per heavy atom. The molecule has 1 unspecified atom stereocenters. The van der Waals surface area contributed by atoms with Crippen LogP contribution >= 0.6 is 0 Å². The lowest BCUT2D eigenvalue weighted by molar-refractivity contribution is -0.274. The summed E-state index contributed by atoms with van der Waals surface area (Å²) in [5.41, 5.74) is 7.40. The predicted molar refractivity (Wildman–Crippen MR) is 132 cm³/mol. The van der Waals surface area contributed by atoms with Gasteiger partial charge in [0.2, 0.25) is 0 Å². The Kier molecular flexibility index (Phi) is 8.88. The van der Waals surface area contributed by atoms with Crippen LogP contribution < -0.4 is 20.5 Å². The predicted octanol–water partition coefficient (Wildman–Crippen LogP) is 5.60. The Morgan fingerprint density at radius 1 is 1.06 bits per heavy atom. The highest BCUT2D eigenvalue weighted by Crippen LogP contribution is 2.25. The average Bonchev–Trinajstić information content (AvgIpc) is 2.82. The van der Waals surface area contributed by atoms with Gasteiger partial charge in [-0.05, 0) is 80.1 Å². The highest BCUT2D eigenvalue weighted by Gasteiger charge is 2.31. The number of hydrogen-bond donors (Lipinski definition) is 2. The molecule has 1 fully saturated rings. The van der Waals surface area contributed by atoms with Crippen LogP contribution in [-0.2, 0) is 6.61 Å². The van der Waals surface area contributed by atoms with Crippen molar-refractivity contribution in [2.24, 2.45) is 16.1 Å². The number of nitrogens with two attached hydrogens (primary N) is 1. The van der Waals surface area contributed by atoms with E-state index in [1.807, 2.05) is 24.3 Å². The van der Waals surface area contributed by atoms with Crippen LogP contribution in [0.5, 0.6) is 11.5 Å². The molecule has 1 aliphatic heterocycles. The molecule has 6 nitrogen and oxygen atoms in total.